The summed E-state index contributed by atoms with van der Waals surface area (Å²) in [5.74, 6) is -2.74. The Morgan fingerprint density at radius 2 is 1.88 bits per heavy atom. The van der Waals surface area contributed by atoms with Gasteiger partial charge < -0.3 is 14.8 Å². The second-order valence-corrected chi connectivity index (χ2v) is 7.34. The van der Waals surface area contributed by atoms with Crippen molar-refractivity contribution in [3.05, 3.63) is 87.6 Å². The summed E-state index contributed by atoms with van der Waals surface area (Å²) < 4.78 is 41.5. The summed E-state index contributed by atoms with van der Waals surface area (Å²) in [5.41, 5.74) is 0.253. The number of ether oxygens (including phenoxy) is 2. The van der Waals surface area contributed by atoms with Crippen molar-refractivity contribution in [1.82, 2.24) is 19.7 Å². The quantitative estimate of drug-likeness (QED) is 0.398. The van der Waals surface area contributed by atoms with Gasteiger partial charge in [0.25, 0.3) is 11.5 Å². The van der Waals surface area contributed by atoms with Gasteiger partial charge in [0, 0.05) is 49.2 Å². The van der Waals surface area contributed by atoms with Crippen LogP contribution in [0.5, 0.6) is 0 Å². The van der Waals surface area contributed by atoms with Gasteiger partial charge >= 0.3 is 0 Å². The molecule has 3 aromatic heterocycles. The maximum absolute atomic E-state index is 14.7. The van der Waals surface area contributed by atoms with Gasteiger partial charge in [-0.1, -0.05) is 6.07 Å². The number of hydrogen-bond acceptors (Lipinski definition) is 6. The molecule has 0 saturated heterocycles. The first-order chi connectivity index (χ1) is 16.4. The number of amides is 1. The Kier molecular flexibility index (Phi) is 6.90. The molecule has 4 rings (SSSR count). The van der Waals surface area contributed by atoms with Crippen LogP contribution in [0, 0.1) is 11.6 Å². The van der Waals surface area contributed by atoms with Crippen molar-refractivity contribution in [2.75, 3.05) is 13.2 Å². The van der Waals surface area contributed by atoms with E-state index in [9.17, 15) is 18.4 Å². The van der Waals surface area contributed by atoms with Crippen molar-refractivity contribution in [2.45, 2.75) is 26.7 Å². The van der Waals surface area contributed by atoms with Crippen LogP contribution in [0.4, 0.5) is 8.78 Å². The molecule has 0 fully saturated rings. The molecule has 4 aromatic rings. The fraction of sp³-hybridized carbons (Fsp3) is 0.250. The normalized spacial score (nSPS) is 11.4. The third-order valence-electron chi connectivity index (χ3n) is 5.09. The summed E-state index contributed by atoms with van der Waals surface area (Å²) in [4.78, 5) is 33.0. The third-order valence-corrected chi connectivity index (χ3v) is 5.09. The zero-order valence-electron chi connectivity index (χ0n) is 18.5. The van der Waals surface area contributed by atoms with E-state index in [2.05, 4.69) is 15.3 Å². The summed E-state index contributed by atoms with van der Waals surface area (Å²) in [6.07, 6.45) is 1.84. The van der Waals surface area contributed by atoms with Crippen LogP contribution in [0.25, 0.3) is 16.6 Å². The average molecular weight is 468 g/mol. The number of fused-ring (bicyclic) bond motifs is 2. The highest BCUT2D eigenvalue weighted by Crippen LogP contribution is 2.29. The molecule has 10 heteroatoms. The van der Waals surface area contributed by atoms with Crippen molar-refractivity contribution in [3.63, 3.8) is 0 Å². The number of halogens is 2. The summed E-state index contributed by atoms with van der Waals surface area (Å²) in [6, 6.07) is 9.18. The average Bonchev–Trinajstić information content (AvgIpc) is 2.84. The minimum Gasteiger partial charge on any atom is -0.349 e. The second-order valence-electron chi connectivity index (χ2n) is 7.34. The highest BCUT2D eigenvalue weighted by atomic mass is 19.2. The predicted molar refractivity (Wildman–Crippen MR) is 120 cm³/mol. The molecule has 1 amide bonds. The Labute approximate surface area is 193 Å². The number of nitrogens with zero attached hydrogens (tertiary/aromatic N) is 3. The molecular formula is C24H22F2N4O4. The Bertz CT molecular complexity index is 1420. The molecule has 34 heavy (non-hydrogen) atoms. The highest BCUT2D eigenvalue weighted by molar-refractivity contribution is 5.92. The maximum Gasteiger partial charge on any atom is 0.270 e. The molecule has 1 N–H and O–H groups in total. The zero-order valence-corrected chi connectivity index (χ0v) is 18.5. The Morgan fingerprint density at radius 1 is 1.12 bits per heavy atom. The summed E-state index contributed by atoms with van der Waals surface area (Å²) in [5, 5.41) is 3.00. The highest BCUT2D eigenvalue weighted by Gasteiger charge is 2.22. The molecule has 0 bridgehead atoms. The monoisotopic (exact) mass is 468 g/mol. The smallest absolute Gasteiger partial charge is 0.270 e. The van der Waals surface area contributed by atoms with Crippen LogP contribution in [0.2, 0.25) is 0 Å². The molecular weight excluding hydrogens is 446 g/mol. The first kappa shape index (κ1) is 23.4. The van der Waals surface area contributed by atoms with Crippen LogP contribution >= 0.6 is 0 Å². The fourth-order valence-corrected chi connectivity index (χ4v) is 3.52. The summed E-state index contributed by atoms with van der Waals surface area (Å²) in [7, 11) is 0. The van der Waals surface area contributed by atoms with Crippen LogP contribution in [0.1, 0.15) is 41.8 Å². The van der Waals surface area contributed by atoms with Crippen LogP contribution < -0.4 is 10.9 Å². The van der Waals surface area contributed by atoms with E-state index >= 15 is 0 Å². The van der Waals surface area contributed by atoms with Crippen LogP contribution in [0.15, 0.2) is 53.6 Å². The molecule has 0 aliphatic heterocycles. The topological polar surface area (TPSA) is 94.8 Å². The lowest BCUT2D eigenvalue weighted by atomic mass is 10.1. The summed E-state index contributed by atoms with van der Waals surface area (Å²) >= 11 is 0. The Morgan fingerprint density at radius 3 is 2.62 bits per heavy atom. The predicted octanol–water partition coefficient (Wildman–Crippen LogP) is 3.52. The van der Waals surface area contributed by atoms with Crippen LogP contribution in [-0.4, -0.2) is 33.5 Å². The lowest BCUT2D eigenvalue weighted by Crippen LogP contribution is -2.27. The molecule has 176 valence electrons. The van der Waals surface area contributed by atoms with E-state index in [1.54, 1.807) is 44.3 Å². The van der Waals surface area contributed by atoms with Crippen molar-refractivity contribution < 1.29 is 23.0 Å². The molecule has 3 heterocycles. The Hall–Kier alpha value is -3.76. The molecule has 1 aromatic carbocycles. The number of pyridine rings is 2. The van der Waals surface area contributed by atoms with E-state index in [1.165, 1.54) is 16.7 Å². The minimum atomic E-state index is -1.10. The van der Waals surface area contributed by atoms with Crippen molar-refractivity contribution in [3.8, 4) is 0 Å². The zero-order chi connectivity index (χ0) is 24.2. The van der Waals surface area contributed by atoms with Gasteiger partial charge in [-0.2, -0.15) is 0 Å². The fourth-order valence-electron chi connectivity index (χ4n) is 3.52. The number of rotatable bonds is 8. The number of hydrogen-bond donors (Lipinski definition) is 1. The van der Waals surface area contributed by atoms with Gasteiger partial charge in [0.2, 0.25) is 0 Å². The molecule has 0 saturated carbocycles. The second kappa shape index (κ2) is 10.0. The van der Waals surface area contributed by atoms with Crippen molar-refractivity contribution >= 4 is 22.5 Å². The maximum atomic E-state index is 14.7. The molecule has 8 nitrogen and oxygen atoms in total. The van der Waals surface area contributed by atoms with Crippen molar-refractivity contribution in [2.24, 2.45) is 0 Å². The molecule has 0 aliphatic carbocycles. The van der Waals surface area contributed by atoms with E-state index in [-0.39, 0.29) is 42.1 Å². The number of carbonyl (C=O) groups excluding carboxylic acids is 1. The standard InChI is InChI=1S/C24H22F2N4O4/c1-3-33-24(34-4-2)16-10-15-9-14(12-27-22(15)21(26)20(16)25)13-28-23(32)17-11-19(31)30-8-6-5-7-18(30)29-17/h5-12,24H,3-4,13H2,1-2H3,(H,28,32). The van der Waals surface area contributed by atoms with Crippen molar-refractivity contribution in [1.29, 1.82) is 0 Å². The lowest BCUT2D eigenvalue weighted by molar-refractivity contribution is -0.142. The largest absolute Gasteiger partial charge is 0.349 e. The van der Waals surface area contributed by atoms with Gasteiger partial charge in [0.15, 0.2) is 17.9 Å². The van der Waals surface area contributed by atoms with Crippen LogP contribution in [0.3, 0.4) is 0 Å². The van der Waals surface area contributed by atoms with E-state index in [1.807, 2.05) is 0 Å². The van der Waals surface area contributed by atoms with Gasteiger partial charge in [-0.15, -0.1) is 0 Å². The Balaban J connectivity index is 1.59. The molecule has 0 unspecified atom stereocenters. The van der Waals surface area contributed by atoms with Gasteiger partial charge in [0.05, 0.1) is 0 Å². The van der Waals surface area contributed by atoms with E-state index < -0.39 is 23.8 Å². The van der Waals surface area contributed by atoms with Crippen LogP contribution in [-0.2, 0) is 16.0 Å². The number of carbonyl (C=O) groups is 1. The molecule has 0 spiro atoms. The van der Waals surface area contributed by atoms with Gasteiger partial charge in [0.1, 0.15) is 16.9 Å². The number of nitrogens with one attached hydrogen (secondary N) is 1. The van der Waals surface area contributed by atoms with Gasteiger partial charge in [-0.3, -0.25) is 19.0 Å². The SMILES string of the molecule is CCOC(OCC)c1cc2cc(CNC(=O)c3cc(=O)n4ccccc4n3)cnc2c(F)c1F. The minimum absolute atomic E-state index is 0.0309. The number of aromatic nitrogens is 3. The lowest BCUT2D eigenvalue weighted by Gasteiger charge is -2.19. The molecule has 0 radical (unpaired) electrons. The number of benzene rings is 1. The first-order valence-corrected chi connectivity index (χ1v) is 10.7. The summed E-state index contributed by atoms with van der Waals surface area (Å²) in [6.45, 7) is 3.98. The van der Waals surface area contributed by atoms with E-state index in [0.717, 1.165) is 6.07 Å². The van der Waals surface area contributed by atoms with E-state index in [4.69, 9.17) is 9.47 Å². The third kappa shape index (κ3) is 4.63. The molecule has 0 atom stereocenters. The first-order valence-electron chi connectivity index (χ1n) is 10.7. The van der Waals surface area contributed by atoms with Gasteiger partial charge in [-0.25, -0.2) is 13.8 Å². The molecule has 0 aliphatic rings. The van der Waals surface area contributed by atoms with E-state index in [0.29, 0.717) is 16.6 Å². The van der Waals surface area contributed by atoms with Gasteiger partial charge in [-0.05, 0) is 43.7 Å².